The number of phosphoric acid groups is 1. The highest BCUT2D eigenvalue weighted by Gasteiger charge is 2.19. The van der Waals surface area contributed by atoms with Gasteiger partial charge in [0.15, 0.2) is 0 Å². The van der Waals surface area contributed by atoms with E-state index < -0.39 is 7.82 Å². The first-order valence-corrected chi connectivity index (χ1v) is 12.1. The summed E-state index contributed by atoms with van der Waals surface area (Å²) in [5.74, 6) is -0.454. The first-order chi connectivity index (χ1) is 15.1. The van der Waals surface area contributed by atoms with E-state index in [2.05, 4.69) is 15.2 Å². The number of rotatable bonds is 13. The van der Waals surface area contributed by atoms with Crippen LogP contribution in [-0.4, -0.2) is 45.6 Å². The molecule has 178 valence electrons. The zero-order valence-corrected chi connectivity index (χ0v) is 20.0. The summed E-state index contributed by atoms with van der Waals surface area (Å²) < 4.78 is 24.3. The van der Waals surface area contributed by atoms with Crippen molar-refractivity contribution < 1.29 is 28.1 Å². The molecule has 10 nitrogen and oxygen atoms in total. The number of carbonyl (C=O) groups excluding carboxylic acids is 2. The molecule has 0 bridgehead atoms. The van der Waals surface area contributed by atoms with E-state index in [0.717, 1.165) is 24.8 Å². The third-order valence-corrected chi connectivity index (χ3v) is 5.87. The second kappa shape index (κ2) is 12.0. The molecule has 11 heteroatoms. The third-order valence-electron chi connectivity index (χ3n) is 4.77. The largest absolute Gasteiger partial charge is 0.472 e. The SMILES string of the molecule is CCOP(=O)(O)OCCCCCCNC(=O)c1cc(NC(=O)c2cc(C)cn2C)cn1C. The molecule has 2 aromatic rings. The lowest BCUT2D eigenvalue weighted by atomic mass is 10.2. The van der Waals surface area contributed by atoms with Crippen LogP contribution in [0.2, 0.25) is 0 Å². The highest BCUT2D eigenvalue weighted by atomic mass is 31.2. The topological polar surface area (TPSA) is 124 Å². The van der Waals surface area contributed by atoms with Crippen LogP contribution < -0.4 is 10.6 Å². The molecule has 2 rings (SSSR count). The van der Waals surface area contributed by atoms with Gasteiger partial charge in [0.25, 0.3) is 11.8 Å². The molecule has 2 heterocycles. The monoisotopic (exact) mass is 468 g/mol. The second-order valence-corrected chi connectivity index (χ2v) is 9.04. The van der Waals surface area contributed by atoms with E-state index in [9.17, 15) is 19.0 Å². The van der Waals surface area contributed by atoms with Crippen molar-refractivity contribution in [3.05, 3.63) is 41.5 Å². The minimum atomic E-state index is -3.92. The van der Waals surface area contributed by atoms with Gasteiger partial charge in [-0.3, -0.25) is 18.6 Å². The molecule has 2 amide bonds. The van der Waals surface area contributed by atoms with Crippen LogP contribution in [0.25, 0.3) is 0 Å². The van der Waals surface area contributed by atoms with E-state index in [1.807, 2.05) is 20.2 Å². The molecule has 0 aromatic carbocycles. The van der Waals surface area contributed by atoms with Crippen molar-refractivity contribution in [3.8, 4) is 0 Å². The Morgan fingerprint density at radius 2 is 1.66 bits per heavy atom. The van der Waals surface area contributed by atoms with Crippen LogP contribution in [0.15, 0.2) is 24.5 Å². The van der Waals surface area contributed by atoms with Crippen molar-refractivity contribution in [2.45, 2.75) is 39.5 Å². The normalized spacial score (nSPS) is 13.0. The molecule has 0 aliphatic rings. The van der Waals surface area contributed by atoms with Crippen LogP contribution in [0.1, 0.15) is 59.1 Å². The Morgan fingerprint density at radius 1 is 1.00 bits per heavy atom. The standard InChI is InChI=1S/C21H33N4O6P/c1-5-30-32(28,29)31-11-9-7-6-8-10-22-20(26)19-13-17(15-25(19)4)23-21(27)18-12-16(2)14-24(18)3/h12-15H,5-11H2,1-4H3,(H,22,26)(H,23,27)(H,28,29). The van der Waals surface area contributed by atoms with Gasteiger partial charge in [-0.05, 0) is 44.4 Å². The molecule has 0 saturated carbocycles. The third kappa shape index (κ3) is 7.94. The van der Waals surface area contributed by atoms with Gasteiger partial charge in [-0.25, -0.2) is 4.57 Å². The molecule has 0 fully saturated rings. The molecule has 32 heavy (non-hydrogen) atoms. The summed E-state index contributed by atoms with van der Waals surface area (Å²) in [6, 6.07) is 3.45. The molecule has 0 aliphatic carbocycles. The number of aromatic nitrogens is 2. The first-order valence-electron chi connectivity index (χ1n) is 10.6. The van der Waals surface area contributed by atoms with E-state index in [1.165, 1.54) is 0 Å². The summed E-state index contributed by atoms with van der Waals surface area (Å²) >= 11 is 0. The Hall–Kier alpha value is -2.39. The maximum absolute atomic E-state index is 12.5. The molecular weight excluding hydrogens is 435 g/mol. The lowest BCUT2D eigenvalue weighted by Gasteiger charge is -2.10. The number of carbonyl (C=O) groups is 2. The number of nitrogens with zero attached hydrogens (tertiary/aromatic N) is 2. The molecular formula is C21H33N4O6P. The molecule has 0 saturated heterocycles. The fraction of sp³-hybridized carbons (Fsp3) is 0.524. The second-order valence-electron chi connectivity index (χ2n) is 7.58. The van der Waals surface area contributed by atoms with E-state index in [0.29, 0.717) is 30.0 Å². The van der Waals surface area contributed by atoms with Crippen LogP contribution in [0.4, 0.5) is 5.69 Å². The van der Waals surface area contributed by atoms with Crippen molar-refractivity contribution in [2.75, 3.05) is 25.1 Å². The van der Waals surface area contributed by atoms with Crippen molar-refractivity contribution in [2.24, 2.45) is 14.1 Å². The van der Waals surface area contributed by atoms with Crippen molar-refractivity contribution >= 4 is 25.3 Å². The number of hydrogen-bond acceptors (Lipinski definition) is 5. The summed E-state index contributed by atoms with van der Waals surface area (Å²) in [5, 5.41) is 5.69. The summed E-state index contributed by atoms with van der Waals surface area (Å²) in [6.07, 6.45) is 6.63. The maximum Gasteiger partial charge on any atom is 0.472 e. The molecule has 0 spiro atoms. The number of aryl methyl sites for hydroxylation is 3. The maximum atomic E-state index is 12.5. The van der Waals surface area contributed by atoms with Gasteiger partial charge in [0.05, 0.1) is 18.9 Å². The fourth-order valence-electron chi connectivity index (χ4n) is 3.26. The smallest absolute Gasteiger partial charge is 0.351 e. The van der Waals surface area contributed by atoms with E-state index in [4.69, 9.17) is 4.52 Å². The van der Waals surface area contributed by atoms with Crippen molar-refractivity contribution in [1.82, 2.24) is 14.5 Å². The highest BCUT2D eigenvalue weighted by Crippen LogP contribution is 2.42. The Bertz CT molecular complexity index is 968. The van der Waals surface area contributed by atoms with Crippen molar-refractivity contribution in [3.63, 3.8) is 0 Å². The average Bonchev–Trinajstić information content (AvgIpc) is 3.24. The van der Waals surface area contributed by atoms with Crippen LogP contribution in [0.5, 0.6) is 0 Å². The Kier molecular flexibility index (Phi) is 9.71. The van der Waals surface area contributed by atoms with E-state index >= 15 is 0 Å². The van der Waals surface area contributed by atoms with Crippen LogP contribution in [0, 0.1) is 6.92 Å². The number of hydrogen-bond donors (Lipinski definition) is 3. The Labute approximate surface area is 188 Å². The fourth-order valence-corrected chi connectivity index (χ4v) is 4.02. The number of anilines is 1. The van der Waals surface area contributed by atoms with Gasteiger partial charge in [-0.1, -0.05) is 12.8 Å². The van der Waals surface area contributed by atoms with E-state index in [-0.39, 0.29) is 25.0 Å². The van der Waals surface area contributed by atoms with Crippen LogP contribution in [0.3, 0.4) is 0 Å². The van der Waals surface area contributed by atoms with Gasteiger partial charge >= 0.3 is 7.82 Å². The van der Waals surface area contributed by atoms with Gasteiger partial charge in [0.2, 0.25) is 0 Å². The van der Waals surface area contributed by atoms with Crippen LogP contribution in [-0.2, 0) is 27.7 Å². The molecule has 1 unspecified atom stereocenters. The molecule has 0 radical (unpaired) electrons. The number of unbranched alkanes of at least 4 members (excludes halogenated alkanes) is 3. The summed E-state index contributed by atoms with van der Waals surface area (Å²) in [4.78, 5) is 34.2. The minimum Gasteiger partial charge on any atom is -0.351 e. The van der Waals surface area contributed by atoms with Gasteiger partial charge in [0.1, 0.15) is 11.4 Å². The van der Waals surface area contributed by atoms with Gasteiger partial charge in [-0.2, -0.15) is 0 Å². The average molecular weight is 468 g/mol. The quantitative estimate of drug-likeness (QED) is 0.306. The summed E-state index contributed by atoms with van der Waals surface area (Å²) in [6.45, 7) is 4.33. The molecule has 1 atom stereocenters. The zero-order chi connectivity index (χ0) is 23.7. The summed E-state index contributed by atoms with van der Waals surface area (Å²) in [5.41, 5.74) is 2.54. The lowest BCUT2D eigenvalue weighted by Crippen LogP contribution is -2.26. The van der Waals surface area contributed by atoms with Gasteiger partial charge < -0.3 is 24.7 Å². The number of amides is 2. The predicted molar refractivity (Wildman–Crippen MR) is 122 cm³/mol. The predicted octanol–water partition coefficient (Wildman–Crippen LogP) is 3.37. The van der Waals surface area contributed by atoms with Gasteiger partial charge in [-0.15, -0.1) is 0 Å². The van der Waals surface area contributed by atoms with E-state index in [1.54, 1.807) is 41.4 Å². The Morgan fingerprint density at radius 3 is 2.31 bits per heavy atom. The summed E-state index contributed by atoms with van der Waals surface area (Å²) in [7, 11) is -0.359. The van der Waals surface area contributed by atoms with Crippen molar-refractivity contribution in [1.29, 1.82) is 0 Å². The van der Waals surface area contributed by atoms with Gasteiger partial charge in [0, 0.05) is 33.0 Å². The molecule has 0 aliphatic heterocycles. The van der Waals surface area contributed by atoms with Crippen LogP contribution >= 0.6 is 7.82 Å². The Balaban J connectivity index is 1.70. The lowest BCUT2D eigenvalue weighted by molar-refractivity contribution is 0.0943. The zero-order valence-electron chi connectivity index (χ0n) is 19.1. The minimum absolute atomic E-state index is 0.120. The molecule has 3 N–H and O–H groups in total. The number of phosphoric ester groups is 1. The highest BCUT2D eigenvalue weighted by molar-refractivity contribution is 7.47. The number of nitrogens with one attached hydrogen (secondary N) is 2. The molecule has 2 aromatic heterocycles. The first kappa shape index (κ1) is 25.9.